The zero-order valence-electron chi connectivity index (χ0n) is 15.2. The third kappa shape index (κ3) is 7.19. The van der Waals surface area contributed by atoms with Gasteiger partial charge >= 0.3 is 0 Å². The number of hydrogen-bond acceptors (Lipinski definition) is 4. The Morgan fingerprint density at radius 1 is 1.20 bits per heavy atom. The first-order valence-electron chi connectivity index (χ1n) is 8.43. The smallest absolute Gasteiger partial charge is 0.191 e. The second kappa shape index (κ2) is 12.1. The monoisotopic (exact) mass is 473 g/mol. The fourth-order valence-corrected chi connectivity index (χ4v) is 3.13. The van der Waals surface area contributed by atoms with E-state index < -0.39 is 0 Å². The number of thiophene rings is 1. The van der Waals surface area contributed by atoms with Gasteiger partial charge in [-0.05, 0) is 43.3 Å². The number of rotatable bonds is 8. The van der Waals surface area contributed by atoms with Gasteiger partial charge in [0.15, 0.2) is 5.96 Å². The zero-order chi connectivity index (χ0) is 17.2. The summed E-state index contributed by atoms with van der Waals surface area (Å²) in [7, 11) is 1.79. The third-order valence-electron chi connectivity index (χ3n) is 3.82. The molecule has 2 rings (SSSR count). The molecule has 0 saturated heterocycles. The van der Waals surface area contributed by atoms with Crippen LogP contribution in [0.4, 0.5) is 5.82 Å². The fraction of sp³-hybridized carbons (Fsp3) is 0.444. The second-order valence-electron chi connectivity index (χ2n) is 5.38. The van der Waals surface area contributed by atoms with Crippen molar-refractivity contribution in [2.75, 3.05) is 31.6 Å². The summed E-state index contributed by atoms with van der Waals surface area (Å²) >= 11 is 1.79. The largest absolute Gasteiger partial charge is 0.357 e. The van der Waals surface area contributed by atoms with Crippen LogP contribution in [0.3, 0.4) is 0 Å². The summed E-state index contributed by atoms with van der Waals surface area (Å²) < 4.78 is 0. The molecule has 0 radical (unpaired) electrons. The summed E-state index contributed by atoms with van der Waals surface area (Å²) in [5, 5.41) is 8.78. The minimum absolute atomic E-state index is 0. The lowest BCUT2D eigenvalue weighted by atomic mass is 10.2. The summed E-state index contributed by atoms with van der Waals surface area (Å²) in [4.78, 5) is 12.4. The molecular weight excluding hydrogens is 445 g/mol. The Kier molecular flexibility index (Phi) is 10.5. The quantitative estimate of drug-likeness (QED) is 0.350. The van der Waals surface area contributed by atoms with E-state index in [4.69, 9.17) is 0 Å². The normalized spacial score (nSPS) is 10.9. The fourth-order valence-electron chi connectivity index (χ4n) is 2.42. The van der Waals surface area contributed by atoms with Gasteiger partial charge in [0.1, 0.15) is 5.82 Å². The molecule has 25 heavy (non-hydrogen) atoms. The van der Waals surface area contributed by atoms with Crippen LogP contribution in [0.5, 0.6) is 0 Å². The molecule has 0 amide bonds. The molecule has 0 atom stereocenters. The summed E-state index contributed by atoms with van der Waals surface area (Å²) in [5.41, 5.74) is 1.15. The molecule has 2 aromatic heterocycles. The molecule has 0 aliphatic carbocycles. The van der Waals surface area contributed by atoms with Gasteiger partial charge < -0.3 is 15.5 Å². The van der Waals surface area contributed by atoms with Gasteiger partial charge in [-0.15, -0.1) is 35.3 Å². The highest BCUT2D eigenvalue weighted by atomic mass is 127. The Bertz CT molecular complexity index is 609. The number of nitrogens with one attached hydrogen (secondary N) is 2. The van der Waals surface area contributed by atoms with Gasteiger partial charge in [0.05, 0.1) is 0 Å². The van der Waals surface area contributed by atoms with E-state index in [1.54, 1.807) is 18.4 Å². The van der Waals surface area contributed by atoms with Crippen LogP contribution in [-0.2, 0) is 13.0 Å². The number of anilines is 1. The van der Waals surface area contributed by atoms with Crippen molar-refractivity contribution in [3.8, 4) is 0 Å². The Labute approximate surface area is 172 Å². The van der Waals surface area contributed by atoms with Crippen molar-refractivity contribution < 1.29 is 0 Å². The average Bonchev–Trinajstić information content (AvgIpc) is 3.13. The Morgan fingerprint density at radius 3 is 2.56 bits per heavy atom. The Hall–Kier alpha value is -1.35. The number of halogens is 1. The van der Waals surface area contributed by atoms with Gasteiger partial charge in [0, 0.05) is 44.3 Å². The van der Waals surface area contributed by atoms with Crippen molar-refractivity contribution >= 4 is 47.1 Å². The highest BCUT2D eigenvalue weighted by Crippen LogP contribution is 2.10. The van der Waals surface area contributed by atoms with E-state index in [1.807, 2.05) is 6.20 Å². The van der Waals surface area contributed by atoms with Crippen molar-refractivity contribution in [3.05, 3.63) is 46.3 Å². The molecular formula is C18H28IN5S. The number of guanidine groups is 1. The Morgan fingerprint density at radius 2 is 2.00 bits per heavy atom. The van der Waals surface area contributed by atoms with Crippen LogP contribution < -0.4 is 15.5 Å². The number of aromatic nitrogens is 1. The van der Waals surface area contributed by atoms with E-state index in [1.165, 1.54) is 4.88 Å². The topological polar surface area (TPSA) is 52.5 Å². The van der Waals surface area contributed by atoms with Crippen LogP contribution in [0.1, 0.15) is 24.3 Å². The van der Waals surface area contributed by atoms with Crippen LogP contribution in [0, 0.1) is 0 Å². The van der Waals surface area contributed by atoms with Gasteiger partial charge in [-0.1, -0.05) is 12.1 Å². The molecule has 0 aromatic carbocycles. The lowest BCUT2D eigenvalue weighted by molar-refractivity contribution is 0.795. The maximum Gasteiger partial charge on any atom is 0.191 e. The van der Waals surface area contributed by atoms with E-state index >= 15 is 0 Å². The lowest BCUT2D eigenvalue weighted by Gasteiger charge is -2.19. The van der Waals surface area contributed by atoms with Gasteiger partial charge in [0.25, 0.3) is 0 Å². The Balaban J connectivity index is 0.00000312. The summed E-state index contributed by atoms with van der Waals surface area (Å²) in [6.45, 7) is 7.83. The maximum atomic E-state index is 4.55. The highest BCUT2D eigenvalue weighted by Gasteiger charge is 2.04. The van der Waals surface area contributed by atoms with Crippen molar-refractivity contribution in [2.45, 2.75) is 26.8 Å². The summed E-state index contributed by atoms with van der Waals surface area (Å²) in [6.07, 6.45) is 2.94. The van der Waals surface area contributed by atoms with Crippen molar-refractivity contribution in [2.24, 2.45) is 4.99 Å². The molecule has 2 heterocycles. The highest BCUT2D eigenvalue weighted by molar-refractivity contribution is 14.0. The second-order valence-corrected chi connectivity index (χ2v) is 6.41. The SMILES string of the molecule is CCN(CC)c1ccc(CNC(=NC)NCCc2cccs2)cn1.I. The molecule has 0 aliphatic rings. The zero-order valence-corrected chi connectivity index (χ0v) is 18.3. The molecule has 0 saturated carbocycles. The first kappa shape index (κ1) is 21.7. The molecule has 138 valence electrons. The lowest BCUT2D eigenvalue weighted by Crippen LogP contribution is -2.37. The summed E-state index contributed by atoms with van der Waals surface area (Å²) in [5.74, 6) is 1.85. The number of nitrogens with zero attached hydrogens (tertiary/aromatic N) is 3. The minimum Gasteiger partial charge on any atom is -0.357 e. The van der Waals surface area contributed by atoms with Crippen molar-refractivity contribution in [3.63, 3.8) is 0 Å². The van der Waals surface area contributed by atoms with Crippen LogP contribution in [0.15, 0.2) is 40.8 Å². The van der Waals surface area contributed by atoms with Gasteiger partial charge in [0.2, 0.25) is 0 Å². The molecule has 2 aromatic rings. The van der Waals surface area contributed by atoms with Gasteiger partial charge in [-0.2, -0.15) is 0 Å². The molecule has 0 unspecified atom stereocenters. The first-order valence-corrected chi connectivity index (χ1v) is 9.31. The van der Waals surface area contributed by atoms with Crippen LogP contribution >= 0.6 is 35.3 Å². The van der Waals surface area contributed by atoms with Gasteiger partial charge in [-0.3, -0.25) is 4.99 Å². The minimum atomic E-state index is 0. The summed E-state index contributed by atoms with van der Waals surface area (Å²) in [6, 6.07) is 8.44. The maximum absolute atomic E-state index is 4.55. The van der Waals surface area contributed by atoms with Crippen LogP contribution in [0.25, 0.3) is 0 Å². The molecule has 0 bridgehead atoms. The molecule has 5 nitrogen and oxygen atoms in total. The number of hydrogen-bond donors (Lipinski definition) is 2. The van der Waals surface area contributed by atoms with E-state index in [-0.39, 0.29) is 24.0 Å². The number of pyridine rings is 1. The van der Waals surface area contributed by atoms with Crippen molar-refractivity contribution in [1.82, 2.24) is 15.6 Å². The molecule has 2 N–H and O–H groups in total. The van der Waals surface area contributed by atoms with Crippen LogP contribution in [-0.4, -0.2) is 37.6 Å². The van der Waals surface area contributed by atoms with E-state index in [0.717, 1.165) is 43.4 Å². The predicted octanol–water partition coefficient (Wildman–Crippen LogP) is 3.52. The van der Waals surface area contributed by atoms with E-state index in [0.29, 0.717) is 6.54 Å². The molecule has 0 fully saturated rings. The predicted molar refractivity (Wildman–Crippen MR) is 119 cm³/mol. The van der Waals surface area contributed by atoms with Crippen molar-refractivity contribution in [1.29, 1.82) is 0 Å². The molecule has 7 heteroatoms. The molecule has 0 aliphatic heterocycles. The first-order chi connectivity index (χ1) is 11.8. The number of aliphatic imine (C=N–C) groups is 1. The van der Waals surface area contributed by atoms with Crippen LogP contribution in [0.2, 0.25) is 0 Å². The van der Waals surface area contributed by atoms with E-state index in [9.17, 15) is 0 Å². The standard InChI is InChI=1S/C18H27N5S.HI/c1-4-23(5-2)17-9-8-15(13-21-17)14-22-18(19-3)20-11-10-16-7-6-12-24-16;/h6-9,12-13H,4-5,10-11,14H2,1-3H3,(H2,19,20,22);1H. The van der Waals surface area contributed by atoms with Gasteiger partial charge in [-0.25, -0.2) is 4.98 Å². The van der Waals surface area contributed by atoms with E-state index in [2.05, 4.69) is 69.0 Å². The molecule has 0 spiro atoms. The average molecular weight is 473 g/mol. The third-order valence-corrected chi connectivity index (χ3v) is 4.76.